The van der Waals surface area contributed by atoms with Crippen molar-refractivity contribution in [1.29, 1.82) is 0 Å². The molecule has 3 heteroatoms. The van der Waals surface area contributed by atoms with Gasteiger partial charge >= 0.3 is 0 Å². The second kappa shape index (κ2) is 4.50. The molecule has 0 radical (unpaired) electrons. The van der Waals surface area contributed by atoms with Gasteiger partial charge in [0.05, 0.1) is 17.1 Å². The van der Waals surface area contributed by atoms with E-state index in [2.05, 4.69) is 58.5 Å². The lowest BCUT2D eigenvalue weighted by Gasteiger charge is -2.43. The SMILES string of the molecule is Cc1nn(C(C)C)c(C)c1NC1C(C)(C)[C@H]2CC[C@]1(C)C2. The van der Waals surface area contributed by atoms with Crippen molar-refractivity contribution in [1.82, 2.24) is 9.78 Å². The van der Waals surface area contributed by atoms with Crippen molar-refractivity contribution < 1.29 is 0 Å². The summed E-state index contributed by atoms with van der Waals surface area (Å²) >= 11 is 0. The first-order chi connectivity index (χ1) is 9.67. The molecule has 2 saturated carbocycles. The zero-order valence-corrected chi connectivity index (χ0v) is 14.7. The predicted octanol–water partition coefficient (Wildman–Crippen LogP) is 4.71. The molecule has 0 aliphatic heterocycles. The highest BCUT2D eigenvalue weighted by Crippen LogP contribution is 2.63. The standard InChI is InChI=1S/C18H31N3/c1-11(2)21-13(4)15(12(3)20-21)19-16-17(5,6)14-8-9-18(16,7)10-14/h11,14,16,19H,8-10H2,1-7H3/t14-,16?,18+/m0/s1. The number of hydrogen-bond acceptors (Lipinski definition) is 2. The zero-order chi connectivity index (χ0) is 15.6. The van der Waals surface area contributed by atoms with Gasteiger partial charge in [-0.2, -0.15) is 5.10 Å². The third-order valence-electron chi connectivity index (χ3n) is 6.37. The fraction of sp³-hybridized carbons (Fsp3) is 0.833. The third-order valence-corrected chi connectivity index (χ3v) is 6.37. The van der Waals surface area contributed by atoms with Gasteiger partial charge in [0.1, 0.15) is 0 Å². The van der Waals surface area contributed by atoms with Gasteiger partial charge in [-0.3, -0.25) is 4.68 Å². The van der Waals surface area contributed by atoms with E-state index in [0.29, 0.717) is 22.9 Å². The van der Waals surface area contributed by atoms with E-state index in [0.717, 1.165) is 11.6 Å². The molecule has 3 nitrogen and oxygen atoms in total. The Kier molecular flexibility index (Phi) is 3.20. The van der Waals surface area contributed by atoms with E-state index in [9.17, 15) is 0 Å². The van der Waals surface area contributed by atoms with Crippen LogP contribution in [0.15, 0.2) is 0 Å². The van der Waals surface area contributed by atoms with Gasteiger partial charge in [-0.15, -0.1) is 0 Å². The van der Waals surface area contributed by atoms with Crippen molar-refractivity contribution in [3.63, 3.8) is 0 Å². The van der Waals surface area contributed by atoms with Crippen LogP contribution in [0.25, 0.3) is 0 Å². The van der Waals surface area contributed by atoms with E-state index in [1.54, 1.807) is 0 Å². The summed E-state index contributed by atoms with van der Waals surface area (Å²) in [6, 6.07) is 0.980. The number of aryl methyl sites for hydroxylation is 1. The topological polar surface area (TPSA) is 29.9 Å². The van der Waals surface area contributed by atoms with Crippen LogP contribution in [0.3, 0.4) is 0 Å². The summed E-state index contributed by atoms with van der Waals surface area (Å²) in [5.41, 5.74) is 4.53. The van der Waals surface area contributed by atoms with Gasteiger partial charge in [-0.25, -0.2) is 0 Å². The molecule has 3 rings (SSSR count). The quantitative estimate of drug-likeness (QED) is 0.873. The van der Waals surface area contributed by atoms with Crippen LogP contribution in [-0.2, 0) is 0 Å². The van der Waals surface area contributed by atoms with Crippen molar-refractivity contribution in [3.05, 3.63) is 11.4 Å². The van der Waals surface area contributed by atoms with Crippen LogP contribution in [-0.4, -0.2) is 15.8 Å². The molecule has 0 saturated heterocycles. The molecular formula is C18H31N3. The van der Waals surface area contributed by atoms with Crippen LogP contribution >= 0.6 is 0 Å². The molecule has 118 valence electrons. The molecule has 1 unspecified atom stereocenters. The van der Waals surface area contributed by atoms with Gasteiger partial charge in [0, 0.05) is 12.1 Å². The molecule has 2 fully saturated rings. The Labute approximate surface area is 129 Å². The molecule has 2 bridgehead atoms. The highest BCUT2D eigenvalue weighted by molar-refractivity contribution is 5.54. The zero-order valence-electron chi connectivity index (χ0n) is 14.7. The Balaban J connectivity index is 1.94. The summed E-state index contributed by atoms with van der Waals surface area (Å²) in [4.78, 5) is 0. The average Bonchev–Trinajstić information content (AvgIpc) is 2.94. The molecule has 2 aliphatic carbocycles. The summed E-state index contributed by atoms with van der Waals surface area (Å²) in [6.07, 6.45) is 4.16. The normalized spacial score (nSPS) is 33.9. The molecule has 1 heterocycles. The van der Waals surface area contributed by atoms with Gasteiger partial charge in [0.2, 0.25) is 0 Å². The molecular weight excluding hydrogens is 258 g/mol. The minimum absolute atomic E-state index is 0.381. The number of nitrogens with one attached hydrogen (secondary N) is 1. The molecule has 0 aromatic carbocycles. The van der Waals surface area contributed by atoms with E-state index in [-0.39, 0.29) is 0 Å². The molecule has 1 aromatic heterocycles. The van der Waals surface area contributed by atoms with Crippen molar-refractivity contribution in [3.8, 4) is 0 Å². The Hall–Kier alpha value is -0.990. The Morgan fingerprint density at radius 3 is 2.38 bits per heavy atom. The summed E-state index contributed by atoms with van der Waals surface area (Å²) in [5.74, 6) is 0.876. The first-order valence-electron chi connectivity index (χ1n) is 8.49. The maximum Gasteiger partial charge on any atom is 0.0828 e. The van der Waals surface area contributed by atoms with Crippen LogP contribution in [0.2, 0.25) is 0 Å². The number of hydrogen-bond donors (Lipinski definition) is 1. The summed E-state index contributed by atoms with van der Waals surface area (Å²) < 4.78 is 2.15. The van der Waals surface area contributed by atoms with E-state index in [1.165, 1.54) is 30.6 Å². The van der Waals surface area contributed by atoms with E-state index in [4.69, 9.17) is 5.10 Å². The molecule has 0 spiro atoms. The van der Waals surface area contributed by atoms with E-state index >= 15 is 0 Å². The van der Waals surface area contributed by atoms with Crippen LogP contribution in [0.4, 0.5) is 5.69 Å². The molecule has 1 N–H and O–H groups in total. The highest BCUT2D eigenvalue weighted by Gasteiger charge is 2.59. The number of aromatic nitrogens is 2. The Morgan fingerprint density at radius 2 is 1.90 bits per heavy atom. The lowest BCUT2D eigenvalue weighted by molar-refractivity contribution is 0.155. The van der Waals surface area contributed by atoms with Crippen molar-refractivity contribution >= 4 is 5.69 Å². The van der Waals surface area contributed by atoms with Crippen LogP contribution in [0.1, 0.15) is 71.3 Å². The molecule has 2 aliphatic rings. The molecule has 1 aromatic rings. The van der Waals surface area contributed by atoms with E-state index < -0.39 is 0 Å². The lowest BCUT2D eigenvalue weighted by atomic mass is 9.68. The highest BCUT2D eigenvalue weighted by atomic mass is 15.3. The summed E-state index contributed by atoms with van der Waals surface area (Å²) in [5, 5.41) is 8.67. The summed E-state index contributed by atoms with van der Waals surface area (Å²) in [6.45, 7) is 16.1. The first kappa shape index (κ1) is 14.9. The van der Waals surface area contributed by atoms with Crippen LogP contribution in [0.5, 0.6) is 0 Å². The maximum absolute atomic E-state index is 4.74. The monoisotopic (exact) mass is 289 g/mol. The van der Waals surface area contributed by atoms with Gasteiger partial charge in [0.15, 0.2) is 0 Å². The second-order valence-corrected chi connectivity index (χ2v) is 8.58. The van der Waals surface area contributed by atoms with Crippen LogP contribution in [0, 0.1) is 30.6 Å². The molecule has 0 amide bonds. The fourth-order valence-electron chi connectivity index (χ4n) is 5.18. The number of anilines is 1. The number of nitrogens with zero attached hydrogens (tertiary/aromatic N) is 2. The van der Waals surface area contributed by atoms with Gasteiger partial charge < -0.3 is 5.32 Å². The maximum atomic E-state index is 4.74. The summed E-state index contributed by atoms with van der Waals surface area (Å²) in [7, 11) is 0. The first-order valence-corrected chi connectivity index (χ1v) is 8.49. The third kappa shape index (κ3) is 2.03. The smallest absolute Gasteiger partial charge is 0.0828 e. The lowest BCUT2D eigenvalue weighted by Crippen LogP contribution is -2.46. The number of fused-ring (bicyclic) bond motifs is 2. The Morgan fingerprint density at radius 1 is 1.24 bits per heavy atom. The van der Waals surface area contributed by atoms with Crippen molar-refractivity contribution in [2.45, 2.75) is 79.8 Å². The minimum atomic E-state index is 0.381. The van der Waals surface area contributed by atoms with Crippen molar-refractivity contribution in [2.75, 3.05) is 5.32 Å². The average molecular weight is 289 g/mol. The van der Waals surface area contributed by atoms with Crippen LogP contribution < -0.4 is 5.32 Å². The predicted molar refractivity (Wildman–Crippen MR) is 88.7 cm³/mol. The van der Waals surface area contributed by atoms with Gasteiger partial charge in [-0.1, -0.05) is 20.8 Å². The number of rotatable bonds is 3. The van der Waals surface area contributed by atoms with Crippen molar-refractivity contribution in [2.24, 2.45) is 16.7 Å². The minimum Gasteiger partial charge on any atom is -0.378 e. The fourth-order valence-corrected chi connectivity index (χ4v) is 5.18. The van der Waals surface area contributed by atoms with E-state index in [1.807, 2.05) is 0 Å². The molecule has 3 atom stereocenters. The van der Waals surface area contributed by atoms with Gasteiger partial charge in [-0.05, 0) is 63.7 Å². The molecule has 21 heavy (non-hydrogen) atoms. The largest absolute Gasteiger partial charge is 0.378 e. The second-order valence-electron chi connectivity index (χ2n) is 8.58. The Bertz CT molecular complexity index is 550. The van der Waals surface area contributed by atoms with Gasteiger partial charge in [0.25, 0.3) is 0 Å².